The maximum atomic E-state index is 13.4. The van der Waals surface area contributed by atoms with Crippen LogP contribution in [0.15, 0.2) is 66.0 Å². The highest BCUT2D eigenvalue weighted by Gasteiger charge is 2.46. The second-order valence-electron chi connectivity index (χ2n) is 9.62. The predicted molar refractivity (Wildman–Crippen MR) is 135 cm³/mol. The Balaban J connectivity index is 1.30. The summed E-state index contributed by atoms with van der Waals surface area (Å²) in [5.74, 6) is 0.664. The molecule has 1 aliphatic heterocycles. The molecule has 7 nitrogen and oxygen atoms in total. The summed E-state index contributed by atoms with van der Waals surface area (Å²) < 4.78 is 1.64. The van der Waals surface area contributed by atoms with E-state index >= 15 is 0 Å². The van der Waals surface area contributed by atoms with Gasteiger partial charge in [0.1, 0.15) is 11.1 Å². The lowest BCUT2D eigenvalue weighted by Gasteiger charge is -2.42. The number of anilines is 1. The molecule has 1 aliphatic carbocycles. The molecule has 2 aliphatic rings. The van der Waals surface area contributed by atoms with Crippen molar-refractivity contribution in [1.29, 1.82) is 0 Å². The lowest BCUT2D eigenvalue weighted by Crippen LogP contribution is -2.46. The Morgan fingerprint density at radius 3 is 2.56 bits per heavy atom. The van der Waals surface area contributed by atoms with Gasteiger partial charge in [0, 0.05) is 31.8 Å². The number of hydrogen-bond donors (Lipinski definition) is 2. The summed E-state index contributed by atoms with van der Waals surface area (Å²) in [6.07, 6.45) is 2.96. The van der Waals surface area contributed by atoms with Crippen LogP contribution < -0.4 is 16.2 Å². The Kier molecular flexibility index (Phi) is 4.71. The average Bonchev–Trinajstić information content (AvgIpc) is 3.42. The largest absolute Gasteiger partial charge is 0.342 e. The van der Waals surface area contributed by atoms with E-state index in [1.807, 2.05) is 30.3 Å². The summed E-state index contributed by atoms with van der Waals surface area (Å²) in [6.45, 7) is 5.81. The number of aromatic nitrogens is 4. The predicted octanol–water partition coefficient (Wildman–Crippen LogP) is 3.56. The lowest BCUT2D eigenvalue weighted by atomic mass is 9.73. The number of fused-ring (bicyclic) bond motifs is 2. The van der Waals surface area contributed by atoms with Crippen LogP contribution in [0, 0.1) is 5.41 Å². The second-order valence-corrected chi connectivity index (χ2v) is 9.62. The third kappa shape index (κ3) is 3.04. The Morgan fingerprint density at radius 2 is 1.82 bits per heavy atom. The third-order valence-electron chi connectivity index (χ3n) is 7.82. The normalized spacial score (nSPS) is 19.0. The number of nitrogens with two attached hydrogens (primary N) is 1. The standard InChI is InChI=1S/C27H28N6O/c1-17(18-8-4-3-5-9-18)22-21-24(31-30-22)29-26(32(2)25(21)34)33-14-12-27(13-15-33)16-19-10-6-7-11-20(19)23(27)28/h3-11,23H,1,12-16,28H2,2H3,(H,30,31). The summed E-state index contributed by atoms with van der Waals surface area (Å²) in [4.78, 5) is 20.5. The molecule has 1 unspecified atom stereocenters. The highest BCUT2D eigenvalue weighted by Crippen LogP contribution is 2.50. The van der Waals surface area contributed by atoms with Gasteiger partial charge in [-0.3, -0.25) is 14.5 Å². The fourth-order valence-corrected chi connectivity index (χ4v) is 5.78. The number of hydrogen-bond acceptors (Lipinski definition) is 5. The fraction of sp³-hybridized carbons (Fsp3) is 0.296. The summed E-state index contributed by atoms with van der Waals surface area (Å²) in [7, 11) is 1.79. The van der Waals surface area contributed by atoms with Crippen LogP contribution in [0.25, 0.3) is 16.6 Å². The Labute approximate surface area is 197 Å². The van der Waals surface area contributed by atoms with Crippen LogP contribution in [0.4, 0.5) is 5.95 Å². The van der Waals surface area contributed by atoms with Crippen molar-refractivity contribution in [2.24, 2.45) is 18.2 Å². The van der Waals surface area contributed by atoms with Gasteiger partial charge in [-0.1, -0.05) is 61.2 Å². The van der Waals surface area contributed by atoms with Crippen molar-refractivity contribution in [3.8, 4) is 0 Å². The molecule has 2 aromatic carbocycles. The molecule has 0 radical (unpaired) electrons. The minimum Gasteiger partial charge on any atom is -0.342 e. The Hall–Kier alpha value is -3.71. The van der Waals surface area contributed by atoms with Crippen molar-refractivity contribution >= 4 is 22.6 Å². The van der Waals surface area contributed by atoms with E-state index in [4.69, 9.17) is 10.7 Å². The first-order chi connectivity index (χ1) is 16.5. The molecule has 3 N–H and O–H groups in total. The van der Waals surface area contributed by atoms with E-state index < -0.39 is 0 Å². The van der Waals surface area contributed by atoms with Gasteiger partial charge < -0.3 is 10.6 Å². The third-order valence-corrected chi connectivity index (χ3v) is 7.82. The minimum absolute atomic E-state index is 0.0595. The van der Waals surface area contributed by atoms with Gasteiger partial charge in [-0.2, -0.15) is 10.1 Å². The molecule has 3 heterocycles. The first-order valence-electron chi connectivity index (χ1n) is 11.8. The van der Waals surface area contributed by atoms with Crippen molar-refractivity contribution in [2.75, 3.05) is 18.0 Å². The van der Waals surface area contributed by atoms with E-state index in [0.29, 0.717) is 28.2 Å². The quantitative estimate of drug-likeness (QED) is 0.496. The van der Waals surface area contributed by atoms with E-state index in [0.717, 1.165) is 37.9 Å². The van der Waals surface area contributed by atoms with Crippen molar-refractivity contribution in [1.82, 2.24) is 19.7 Å². The first kappa shape index (κ1) is 20.9. The van der Waals surface area contributed by atoms with Crippen LogP contribution in [-0.2, 0) is 13.5 Å². The molecule has 34 heavy (non-hydrogen) atoms. The minimum atomic E-state index is -0.119. The average molecular weight is 453 g/mol. The van der Waals surface area contributed by atoms with Crippen LogP contribution in [0.1, 0.15) is 41.3 Å². The molecule has 1 spiro atoms. The number of rotatable bonds is 3. The first-order valence-corrected chi connectivity index (χ1v) is 11.8. The topological polar surface area (TPSA) is 92.8 Å². The monoisotopic (exact) mass is 452 g/mol. The number of H-pyrrole nitrogens is 1. The van der Waals surface area contributed by atoms with Gasteiger partial charge in [-0.15, -0.1) is 0 Å². The number of aromatic amines is 1. The van der Waals surface area contributed by atoms with Crippen molar-refractivity contribution in [3.05, 3.63) is 93.9 Å². The van der Waals surface area contributed by atoms with Crippen LogP contribution in [-0.4, -0.2) is 32.8 Å². The Bertz CT molecular complexity index is 1460. The van der Waals surface area contributed by atoms with Crippen molar-refractivity contribution in [3.63, 3.8) is 0 Å². The molecule has 7 heteroatoms. The zero-order valence-corrected chi connectivity index (χ0v) is 19.3. The number of nitrogens with one attached hydrogen (secondary N) is 1. The van der Waals surface area contributed by atoms with Crippen molar-refractivity contribution in [2.45, 2.75) is 25.3 Å². The van der Waals surface area contributed by atoms with Gasteiger partial charge in [-0.25, -0.2) is 0 Å². The van der Waals surface area contributed by atoms with Gasteiger partial charge in [0.05, 0.1) is 0 Å². The summed E-state index contributed by atoms with van der Waals surface area (Å²) >= 11 is 0. The number of piperidine rings is 1. The molecule has 4 aromatic rings. The molecule has 1 saturated heterocycles. The molecule has 0 amide bonds. The lowest BCUT2D eigenvalue weighted by molar-refractivity contribution is 0.186. The second kappa shape index (κ2) is 7.67. The van der Waals surface area contributed by atoms with E-state index in [2.05, 4.69) is 45.9 Å². The highest BCUT2D eigenvalue weighted by atomic mass is 16.1. The van der Waals surface area contributed by atoms with Crippen molar-refractivity contribution < 1.29 is 0 Å². The maximum absolute atomic E-state index is 13.4. The molecule has 2 aromatic heterocycles. The molecule has 1 fully saturated rings. The fourth-order valence-electron chi connectivity index (χ4n) is 5.78. The number of benzene rings is 2. The van der Waals surface area contributed by atoms with Crippen LogP contribution in [0.2, 0.25) is 0 Å². The zero-order valence-electron chi connectivity index (χ0n) is 19.3. The van der Waals surface area contributed by atoms with Crippen LogP contribution >= 0.6 is 0 Å². The van der Waals surface area contributed by atoms with Crippen LogP contribution in [0.5, 0.6) is 0 Å². The van der Waals surface area contributed by atoms with Crippen LogP contribution in [0.3, 0.4) is 0 Å². The SMILES string of the molecule is C=C(c1ccccc1)c1n[nH]c2nc(N3CCC4(CC3)Cc3ccccc3C4N)n(C)c(=O)c12. The molecular weight excluding hydrogens is 424 g/mol. The Morgan fingerprint density at radius 1 is 1.12 bits per heavy atom. The zero-order chi connectivity index (χ0) is 23.4. The van der Waals surface area contributed by atoms with Gasteiger partial charge >= 0.3 is 0 Å². The van der Waals surface area contributed by atoms with Gasteiger partial charge in [0.2, 0.25) is 5.95 Å². The molecule has 1 atom stereocenters. The van der Waals surface area contributed by atoms with E-state index in [-0.39, 0.29) is 17.0 Å². The molecule has 0 bridgehead atoms. The van der Waals surface area contributed by atoms with E-state index in [1.165, 1.54) is 11.1 Å². The maximum Gasteiger partial charge on any atom is 0.266 e. The molecule has 172 valence electrons. The molecular formula is C27H28N6O. The highest BCUT2D eigenvalue weighted by molar-refractivity contribution is 5.92. The smallest absolute Gasteiger partial charge is 0.266 e. The van der Waals surface area contributed by atoms with Gasteiger partial charge in [0.25, 0.3) is 5.56 Å². The molecule has 0 saturated carbocycles. The summed E-state index contributed by atoms with van der Waals surface area (Å²) in [5, 5.41) is 7.86. The summed E-state index contributed by atoms with van der Waals surface area (Å²) in [5.41, 5.74) is 12.0. The van der Waals surface area contributed by atoms with Gasteiger partial charge in [0.15, 0.2) is 5.65 Å². The summed E-state index contributed by atoms with van der Waals surface area (Å²) in [6, 6.07) is 18.4. The van der Waals surface area contributed by atoms with Gasteiger partial charge in [-0.05, 0) is 41.4 Å². The van der Waals surface area contributed by atoms with E-state index in [9.17, 15) is 4.79 Å². The number of nitrogens with zero attached hydrogens (tertiary/aromatic N) is 4. The van der Waals surface area contributed by atoms with E-state index in [1.54, 1.807) is 11.6 Å². The molecule has 6 rings (SSSR count).